The number of fused-ring (bicyclic) bond motifs is 2. The largest absolute Gasteiger partial charge is 0.457 e. The lowest BCUT2D eigenvalue weighted by atomic mass is 9.69. The Morgan fingerprint density at radius 1 is 0.714 bits per heavy atom. The second-order valence-electron chi connectivity index (χ2n) is 18.8. The molecular formula is C47H50F3N3O3. The second-order valence-corrected chi connectivity index (χ2v) is 18.8. The molecule has 0 radical (unpaired) electrons. The molecule has 8 rings (SSSR count). The van der Waals surface area contributed by atoms with Crippen LogP contribution in [-0.4, -0.2) is 32.4 Å². The zero-order chi connectivity index (χ0) is 40.2. The van der Waals surface area contributed by atoms with Crippen LogP contribution in [0.3, 0.4) is 0 Å². The quantitative estimate of drug-likeness (QED) is 0.196. The van der Waals surface area contributed by atoms with Crippen LogP contribution in [-0.2, 0) is 26.4 Å². The van der Waals surface area contributed by atoms with E-state index in [-0.39, 0.29) is 44.3 Å². The molecule has 0 saturated carbocycles. The van der Waals surface area contributed by atoms with Gasteiger partial charge in [-0.25, -0.2) is 9.64 Å². The Morgan fingerprint density at radius 3 is 1.75 bits per heavy atom. The molecule has 0 spiro atoms. The summed E-state index contributed by atoms with van der Waals surface area (Å²) in [4.78, 5) is 21.4. The molecule has 56 heavy (non-hydrogen) atoms. The van der Waals surface area contributed by atoms with Gasteiger partial charge in [-0.2, -0.15) is 13.2 Å². The first-order valence-electron chi connectivity index (χ1n) is 19.7. The van der Waals surface area contributed by atoms with Crippen molar-refractivity contribution in [3.8, 4) is 0 Å². The average Bonchev–Trinajstić information content (AvgIpc) is 3.11. The van der Waals surface area contributed by atoms with Crippen molar-refractivity contribution in [1.29, 1.82) is 0 Å². The summed E-state index contributed by atoms with van der Waals surface area (Å²) in [5.41, 5.74) is 6.49. The first kappa shape index (κ1) is 37.9. The molecule has 6 nitrogen and oxygen atoms in total. The zero-order valence-electron chi connectivity index (χ0n) is 33.6. The highest BCUT2D eigenvalue weighted by molar-refractivity contribution is 5.91. The fourth-order valence-electron chi connectivity index (χ4n) is 9.33. The fourth-order valence-corrected chi connectivity index (χ4v) is 9.33. The molecule has 0 atom stereocenters. The molecule has 5 aliphatic rings. The van der Waals surface area contributed by atoms with Gasteiger partial charge in [0.1, 0.15) is 17.1 Å². The van der Waals surface area contributed by atoms with Crippen LogP contribution in [0.5, 0.6) is 0 Å². The van der Waals surface area contributed by atoms with Gasteiger partial charge >= 0.3 is 11.8 Å². The zero-order valence-corrected chi connectivity index (χ0v) is 33.6. The summed E-state index contributed by atoms with van der Waals surface area (Å²) in [6.07, 6.45) is 8.08. The third-order valence-corrected chi connectivity index (χ3v) is 13.0. The number of anilines is 2. The van der Waals surface area contributed by atoms with Crippen LogP contribution >= 0.6 is 0 Å². The normalized spacial score (nSPS) is 22.6. The van der Waals surface area contributed by atoms with Gasteiger partial charge in [-0.1, -0.05) is 61.5 Å². The maximum absolute atomic E-state index is 14.1. The lowest BCUT2D eigenvalue weighted by Crippen LogP contribution is -2.44. The molecular weight excluding hydrogens is 712 g/mol. The fraction of sp³-hybridized carbons (Fsp3) is 0.447. The highest BCUT2D eigenvalue weighted by Crippen LogP contribution is 2.52. The van der Waals surface area contributed by atoms with Crippen LogP contribution in [0.1, 0.15) is 114 Å². The van der Waals surface area contributed by atoms with E-state index in [0.717, 1.165) is 68.4 Å². The minimum Gasteiger partial charge on any atom is -0.457 e. The Labute approximate surface area is 327 Å². The summed E-state index contributed by atoms with van der Waals surface area (Å²) >= 11 is 0. The Balaban J connectivity index is 1.18. The van der Waals surface area contributed by atoms with Crippen LogP contribution in [0, 0.1) is 6.57 Å². The number of nitrogens with zero attached hydrogens (tertiary/aromatic N) is 3. The highest BCUT2D eigenvalue weighted by Gasteiger charge is 2.43. The van der Waals surface area contributed by atoms with Crippen LogP contribution in [0.15, 0.2) is 80.6 Å². The highest BCUT2D eigenvalue weighted by atomic mass is 19.4. The summed E-state index contributed by atoms with van der Waals surface area (Å²) in [7, 11) is 0. The summed E-state index contributed by atoms with van der Waals surface area (Å²) in [5.74, 6) is 0.202. The van der Waals surface area contributed by atoms with Crippen molar-refractivity contribution in [3.63, 3.8) is 0 Å². The molecule has 3 aromatic rings. The van der Waals surface area contributed by atoms with E-state index in [1.807, 2.05) is 6.08 Å². The van der Waals surface area contributed by atoms with Crippen LogP contribution in [0.4, 0.5) is 24.5 Å². The third kappa shape index (κ3) is 6.39. The predicted octanol–water partition coefficient (Wildman–Crippen LogP) is 11.4. The summed E-state index contributed by atoms with van der Waals surface area (Å²) in [6, 6.07) is 8.30. The number of alkyl halides is 3. The monoisotopic (exact) mass is 761 g/mol. The van der Waals surface area contributed by atoms with E-state index in [9.17, 15) is 18.0 Å². The number of halogens is 3. The van der Waals surface area contributed by atoms with Crippen molar-refractivity contribution >= 4 is 34.5 Å². The van der Waals surface area contributed by atoms with Crippen molar-refractivity contribution < 1.29 is 22.3 Å². The topological polar surface area (TPSA) is 50.3 Å². The molecule has 292 valence electrons. The molecule has 0 N–H and O–H groups in total. The van der Waals surface area contributed by atoms with Crippen molar-refractivity contribution in [3.05, 3.63) is 127 Å². The van der Waals surface area contributed by atoms with Crippen LogP contribution in [0.25, 0.3) is 28.0 Å². The maximum atomic E-state index is 14.1. The standard InChI is InChI=1S/C47H50F3N3O3/c1-43(2)14-18-52-19-15-44(3,4)35-23-28(22-34(43)38(35)52)10-12-32-25-31(41(51-9)47(48,49)50)26-33(55-32)13-11-29-24-30-27-36-39-37(40(30)56-42(29)54)46(7,8)17-21-53(39)20-16-45(36,5)6/h10-13,22-27H,14-21H2,1-8H3. The molecule has 0 aliphatic carbocycles. The predicted molar refractivity (Wildman–Crippen MR) is 219 cm³/mol. The number of rotatable bonds is 4. The van der Waals surface area contributed by atoms with Gasteiger partial charge in [0.15, 0.2) is 0 Å². The number of hydrogen-bond acceptors (Lipinski definition) is 5. The molecule has 2 aromatic carbocycles. The molecule has 5 aliphatic heterocycles. The van der Waals surface area contributed by atoms with Crippen LogP contribution < -0.4 is 15.4 Å². The molecule has 1 aromatic heterocycles. The Morgan fingerprint density at radius 2 is 1.21 bits per heavy atom. The second kappa shape index (κ2) is 12.8. The van der Waals surface area contributed by atoms with E-state index < -0.39 is 17.5 Å². The van der Waals surface area contributed by atoms with Crippen molar-refractivity contribution in [2.45, 2.75) is 109 Å². The minimum atomic E-state index is -4.87. The number of ether oxygens (including phenoxy) is 1. The van der Waals surface area contributed by atoms with Gasteiger partial charge in [0.05, 0.1) is 12.1 Å². The summed E-state index contributed by atoms with van der Waals surface area (Å²) < 4.78 is 54.7. The first-order valence-corrected chi connectivity index (χ1v) is 19.7. The van der Waals surface area contributed by atoms with Crippen molar-refractivity contribution in [2.24, 2.45) is 0 Å². The van der Waals surface area contributed by atoms with E-state index >= 15 is 0 Å². The Bertz CT molecular complexity index is 2400. The van der Waals surface area contributed by atoms with Gasteiger partial charge in [0.2, 0.25) is 0 Å². The maximum Gasteiger partial charge on any atom is 0.420 e. The number of benzene rings is 2. The van der Waals surface area contributed by atoms with Crippen LogP contribution in [0.2, 0.25) is 0 Å². The molecule has 6 heterocycles. The van der Waals surface area contributed by atoms with Gasteiger partial charge < -0.3 is 19.0 Å². The van der Waals surface area contributed by atoms with Gasteiger partial charge in [-0.15, -0.1) is 0 Å². The summed E-state index contributed by atoms with van der Waals surface area (Å²) in [5, 5.41) is 0.802. The molecule has 0 amide bonds. The van der Waals surface area contributed by atoms with E-state index in [4.69, 9.17) is 15.7 Å². The lowest BCUT2D eigenvalue weighted by molar-refractivity contribution is -0.0889. The lowest BCUT2D eigenvalue weighted by Gasteiger charge is -2.48. The number of hydrogen-bond donors (Lipinski definition) is 0. The number of allylic oxidation sites excluding steroid dienone is 6. The average molecular weight is 762 g/mol. The smallest absolute Gasteiger partial charge is 0.420 e. The first-order chi connectivity index (χ1) is 26.2. The molecule has 0 saturated heterocycles. The van der Waals surface area contributed by atoms with Gasteiger partial charge in [0, 0.05) is 48.5 Å². The minimum absolute atomic E-state index is 0.0368. The molecule has 0 fully saturated rings. The molecule has 0 bridgehead atoms. The Hall–Kier alpha value is -4.97. The van der Waals surface area contributed by atoms with Gasteiger partial charge in [0.25, 0.3) is 5.70 Å². The van der Waals surface area contributed by atoms with Gasteiger partial charge in [-0.05, 0) is 130 Å². The summed E-state index contributed by atoms with van der Waals surface area (Å²) in [6.45, 7) is 29.3. The molecule has 9 heteroatoms. The van der Waals surface area contributed by atoms with Crippen molar-refractivity contribution in [2.75, 3.05) is 36.0 Å². The van der Waals surface area contributed by atoms with E-state index in [0.29, 0.717) is 5.58 Å². The third-order valence-electron chi connectivity index (χ3n) is 13.0. The van der Waals surface area contributed by atoms with Crippen molar-refractivity contribution in [1.82, 2.24) is 0 Å². The Kier molecular flexibility index (Phi) is 8.65. The molecule has 0 unspecified atom stereocenters. The van der Waals surface area contributed by atoms with E-state index in [1.54, 1.807) is 12.1 Å². The SMILES string of the molecule is [C-]#[N+]C(=C1C=C(C=Cc2cc3c4c(c2)C(C)(C)CCN4CCC3(C)C)OC(C=Cc2cc3cc4c5c(c3oc2=O)C(C)(C)CCN5CCC4(C)C)=C1)C(F)(F)F. The van der Waals surface area contributed by atoms with E-state index in [2.05, 4.69) is 88.2 Å². The van der Waals surface area contributed by atoms with E-state index in [1.165, 1.54) is 52.4 Å². The van der Waals surface area contributed by atoms with Gasteiger partial charge in [-0.3, -0.25) is 0 Å².